The van der Waals surface area contributed by atoms with Crippen LogP contribution < -0.4 is 0 Å². The Hall–Kier alpha value is -2.93. The van der Waals surface area contributed by atoms with E-state index in [1.807, 2.05) is 33.8 Å². The molecule has 4 N–H and O–H groups in total. The number of Topliss-reactive ketones (excluding diaryl/α,β-unsaturated/α-hetero) is 3. The van der Waals surface area contributed by atoms with Gasteiger partial charge in [0.25, 0.3) is 0 Å². The van der Waals surface area contributed by atoms with Gasteiger partial charge in [0.1, 0.15) is 22.8 Å². The minimum absolute atomic E-state index is 0.0901. The van der Waals surface area contributed by atoms with Crippen LogP contribution in [0.1, 0.15) is 80.9 Å². The van der Waals surface area contributed by atoms with Crippen LogP contribution >= 0.6 is 0 Å². The summed E-state index contributed by atoms with van der Waals surface area (Å²) in [5.74, 6) is -5.07. The van der Waals surface area contributed by atoms with Crippen molar-refractivity contribution < 1.29 is 34.8 Å². The quantitative estimate of drug-likeness (QED) is 0.494. The zero-order valence-electron chi connectivity index (χ0n) is 20.3. The topological polar surface area (TPSA) is 132 Å². The van der Waals surface area contributed by atoms with Crippen molar-refractivity contribution >= 4 is 17.3 Å². The normalized spacial score (nSPS) is 26.9. The molecule has 0 unspecified atom stereocenters. The van der Waals surface area contributed by atoms with Gasteiger partial charge in [-0.15, -0.1) is 0 Å². The van der Waals surface area contributed by atoms with Gasteiger partial charge in [0, 0.05) is 23.5 Å². The zero-order chi connectivity index (χ0) is 25.3. The van der Waals surface area contributed by atoms with Crippen LogP contribution in [0, 0.1) is 11.8 Å². The highest BCUT2D eigenvalue weighted by molar-refractivity contribution is 6.25. The highest BCUT2D eigenvalue weighted by Gasteiger charge is 2.59. The van der Waals surface area contributed by atoms with Crippen LogP contribution in [-0.2, 0) is 27.8 Å². The van der Waals surface area contributed by atoms with Crippen LogP contribution in [-0.4, -0.2) is 43.4 Å². The third kappa shape index (κ3) is 3.24. The van der Waals surface area contributed by atoms with E-state index in [0.29, 0.717) is 18.4 Å². The zero-order valence-corrected chi connectivity index (χ0v) is 20.3. The van der Waals surface area contributed by atoms with Crippen molar-refractivity contribution in [2.75, 3.05) is 0 Å². The number of hydrogen-bond acceptors (Lipinski definition) is 7. The van der Waals surface area contributed by atoms with E-state index >= 15 is 0 Å². The van der Waals surface area contributed by atoms with Gasteiger partial charge in [0.2, 0.25) is 5.78 Å². The fraction of sp³-hybridized carbons (Fsp3) is 0.519. The second-order valence-electron chi connectivity index (χ2n) is 10.9. The number of rotatable bonds is 3. The summed E-state index contributed by atoms with van der Waals surface area (Å²) in [6, 6.07) is 1.95. The van der Waals surface area contributed by atoms with Gasteiger partial charge in [-0.1, -0.05) is 40.2 Å². The Morgan fingerprint density at radius 3 is 2.35 bits per heavy atom. The number of carbonyl (C=O) groups is 3. The molecule has 0 aliphatic heterocycles. The number of carbonyl (C=O) groups excluding carboxylic acids is 3. The molecule has 0 saturated heterocycles. The first kappa shape index (κ1) is 24.2. The third-order valence-corrected chi connectivity index (χ3v) is 7.59. The SMILES string of the molecule is CCCc1cc(C(C)(C)C)c(O)c2c1C[C@H]1C[C@H]3CC(O)=C(C(C)=O)C(=O)[C@@]3(O)C(O)=C1C2=O. The number of aliphatic hydroxyl groups excluding tert-OH is 2. The fourth-order valence-electron chi connectivity index (χ4n) is 5.94. The van der Waals surface area contributed by atoms with Crippen molar-refractivity contribution in [2.45, 2.75) is 77.7 Å². The van der Waals surface area contributed by atoms with E-state index < -0.39 is 57.3 Å². The molecule has 0 radical (unpaired) electrons. The summed E-state index contributed by atoms with van der Waals surface area (Å²) >= 11 is 0. The van der Waals surface area contributed by atoms with Crippen LogP contribution in [0.15, 0.2) is 28.7 Å². The number of aromatic hydroxyl groups is 1. The summed E-state index contributed by atoms with van der Waals surface area (Å²) in [6.45, 7) is 8.95. The van der Waals surface area contributed by atoms with Crippen LogP contribution in [0.3, 0.4) is 0 Å². The van der Waals surface area contributed by atoms with Crippen molar-refractivity contribution in [3.63, 3.8) is 0 Å². The van der Waals surface area contributed by atoms with Crippen molar-refractivity contribution in [3.8, 4) is 5.75 Å². The lowest BCUT2D eigenvalue weighted by atomic mass is 9.59. The summed E-state index contributed by atoms with van der Waals surface area (Å²) in [6.07, 6.45) is 1.95. The first-order chi connectivity index (χ1) is 15.7. The van der Waals surface area contributed by atoms with E-state index in [1.54, 1.807) is 0 Å². The number of ketones is 3. The molecule has 3 aliphatic rings. The monoisotopic (exact) mass is 468 g/mol. The maximum atomic E-state index is 13.8. The molecule has 34 heavy (non-hydrogen) atoms. The molecule has 182 valence electrons. The van der Waals surface area contributed by atoms with E-state index in [0.717, 1.165) is 24.5 Å². The molecule has 0 spiro atoms. The number of hydrogen-bond donors (Lipinski definition) is 4. The summed E-state index contributed by atoms with van der Waals surface area (Å²) in [5, 5.41) is 44.1. The van der Waals surface area contributed by atoms with Crippen molar-refractivity contribution in [1.82, 2.24) is 0 Å². The molecule has 7 nitrogen and oxygen atoms in total. The van der Waals surface area contributed by atoms with Crippen LogP contribution in [0.25, 0.3) is 0 Å². The molecule has 0 bridgehead atoms. The van der Waals surface area contributed by atoms with Crippen LogP contribution in [0.2, 0.25) is 0 Å². The average molecular weight is 469 g/mol. The lowest BCUT2D eigenvalue weighted by Gasteiger charge is -2.46. The van der Waals surface area contributed by atoms with Gasteiger partial charge in [0.15, 0.2) is 17.2 Å². The van der Waals surface area contributed by atoms with Crippen molar-refractivity contribution in [1.29, 1.82) is 0 Å². The average Bonchev–Trinajstić information content (AvgIpc) is 2.71. The molecule has 0 saturated carbocycles. The summed E-state index contributed by atoms with van der Waals surface area (Å²) in [5.41, 5.74) is -1.11. The van der Waals surface area contributed by atoms with E-state index in [1.165, 1.54) is 0 Å². The van der Waals surface area contributed by atoms with Crippen LogP contribution in [0.5, 0.6) is 5.75 Å². The van der Waals surface area contributed by atoms with Gasteiger partial charge in [-0.05, 0) is 48.6 Å². The highest BCUT2D eigenvalue weighted by Crippen LogP contribution is 2.52. The maximum absolute atomic E-state index is 13.8. The predicted molar refractivity (Wildman–Crippen MR) is 125 cm³/mol. The van der Waals surface area contributed by atoms with Crippen LogP contribution in [0.4, 0.5) is 0 Å². The Morgan fingerprint density at radius 2 is 1.79 bits per heavy atom. The second-order valence-corrected chi connectivity index (χ2v) is 10.9. The molecule has 4 rings (SSSR count). The third-order valence-electron chi connectivity index (χ3n) is 7.59. The van der Waals surface area contributed by atoms with Gasteiger partial charge in [-0.2, -0.15) is 0 Å². The lowest BCUT2D eigenvalue weighted by molar-refractivity contribution is -0.144. The molecule has 1 aromatic rings. The summed E-state index contributed by atoms with van der Waals surface area (Å²) < 4.78 is 0. The number of allylic oxidation sites excluding steroid dienone is 2. The fourth-order valence-corrected chi connectivity index (χ4v) is 5.94. The molecule has 7 heteroatoms. The molecule has 0 fully saturated rings. The minimum Gasteiger partial charge on any atom is -0.511 e. The van der Waals surface area contributed by atoms with E-state index in [2.05, 4.69) is 0 Å². The van der Waals surface area contributed by atoms with Gasteiger partial charge >= 0.3 is 0 Å². The molecule has 0 aromatic heterocycles. The molecule has 3 atom stereocenters. The Labute approximate surface area is 198 Å². The number of aryl methyl sites for hydroxylation is 1. The first-order valence-electron chi connectivity index (χ1n) is 11.8. The smallest absolute Gasteiger partial charge is 0.209 e. The first-order valence-corrected chi connectivity index (χ1v) is 11.8. The Morgan fingerprint density at radius 1 is 1.15 bits per heavy atom. The Kier molecular flexibility index (Phi) is 5.55. The van der Waals surface area contributed by atoms with Crippen molar-refractivity contribution in [3.05, 3.63) is 51.0 Å². The van der Waals surface area contributed by atoms with E-state index in [4.69, 9.17) is 0 Å². The van der Waals surface area contributed by atoms with Gasteiger partial charge < -0.3 is 20.4 Å². The molecule has 0 amide bonds. The maximum Gasteiger partial charge on any atom is 0.209 e. The molecule has 0 heterocycles. The number of phenolic OH excluding ortho intramolecular Hbond substituents is 1. The standard InChI is InChI=1S/C27H32O7/c1-6-7-13-10-17(26(3,4)5)22(30)21-16(13)9-14-8-15-11-18(29)19(12(2)28)24(32)27(15,34)25(33)20(14)23(21)31/h10,14-15,29-30,33-34H,6-9,11H2,1-5H3/t14-,15+,27-/m1/s1. The molecule has 1 aromatic carbocycles. The summed E-state index contributed by atoms with van der Waals surface area (Å²) in [4.78, 5) is 38.9. The van der Waals surface area contributed by atoms with Gasteiger partial charge in [-0.25, -0.2) is 0 Å². The highest BCUT2D eigenvalue weighted by atomic mass is 16.3. The van der Waals surface area contributed by atoms with E-state index in [9.17, 15) is 34.8 Å². The summed E-state index contributed by atoms with van der Waals surface area (Å²) in [7, 11) is 0. The van der Waals surface area contributed by atoms with Gasteiger partial charge in [0.05, 0.1) is 5.56 Å². The Bertz CT molecular complexity index is 1190. The number of fused-ring (bicyclic) bond motifs is 3. The number of aliphatic hydroxyl groups is 3. The number of benzene rings is 1. The van der Waals surface area contributed by atoms with Crippen molar-refractivity contribution in [2.24, 2.45) is 11.8 Å². The van der Waals surface area contributed by atoms with Gasteiger partial charge in [-0.3, -0.25) is 14.4 Å². The predicted octanol–water partition coefficient (Wildman–Crippen LogP) is 3.93. The molecular weight excluding hydrogens is 436 g/mol. The van der Waals surface area contributed by atoms with E-state index in [-0.39, 0.29) is 29.7 Å². The number of phenols is 1. The largest absolute Gasteiger partial charge is 0.511 e. The minimum atomic E-state index is -2.46. The molecule has 3 aliphatic carbocycles. The second kappa shape index (κ2) is 7.80. The molecular formula is C27H32O7. The lowest BCUT2D eigenvalue weighted by Crippen LogP contribution is -2.56. The Balaban J connectivity index is 1.95.